The van der Waals surface area contributed by atoms with Crippen molar-refractivity contribution in [1.29, 1.82) is 0 Å². The maximum absolute atomic E-state index is 11.8. The van der Waals surface area contributed by atoms with Crippen molar-refractivity contribution in [2.24, 2.45) is 4.99 Å². The van der Waals surface area contributed by atoms with Gasteiger partial charge in [-0.15, -0.1) is 11.6 Å². The van der Waals surface area contributed by atoms with Gasteiger partial charge in [-0.25, -0.2) is 9.79 Å². The summed E-state index contributed by atoms with van der Waals surface area (Å²) >= 11 is 6.13. The van der Waals surface area contributed by atoms with Gasteiger partial charge in [0.2, 0.25) is 5.90 Å². The lowest BCUT2D eigenvalue weighted by molar-refractivity contribution is -0.137. The number of halogens is 1. The standard InChI is InChI=1S/C13H20ClNO3/c1-8(14)13(5)9(11(16)17-6)7-10(18-13)15-12(2,3)4/h7-8H,1-6H3. The molecule has 0 aromatic rings. The predicted molar refractivity (Wildman–Crippen MR) is 72.1 cm³/mol. The van der Waals surface area contributed by atoms with Gasteiger partial charge in [0, 0.05) is 6.08 Å². The molecule has 102 valence electrons. The third kappa shape index (κ3) is 3.05. The largest absolute Gasteiger partial charge is 0.466 e. The number of aliphatic imine (C=N–C) groups is 1. The lowest BCUT2D eigenvalue weighted by Crippen LogP contribution is -2.39. The van der Waals surface area contributed by atoms with Crippen LogP contribution in [0.4, 0.5) is 0 Å². The Morgan fingerprint density at radius 2 is 2.11 bits per heavy atom. The van der Waals surface area contributed by atoms with E-state index in [4.69, 9.17) is 21.1 Å². The van der Waals surface area contributed by atoms with Crippen molar-refractivity contribution in [1.82, 2.24) is 0 Å². The molecule has 0 aliphatic carbocycles. The number of esters is 1. The molecule has 0 aromatic carbocycles. The van der Waals surface area contributed by atoms with E-state index in [-0.39, 0.29) is 10.9 Å². The molecule has 0 N–H and O–H groups in total. The summed E-state index contributed by atoms with van der Waals surface area (Å²) < 4.78 is 10.5. The molecular weight excluding hydrogens is 254 g/mol. The highest BCUT2D eigenvalue weighted by molar-refractivity contribution is 6.22. The Labute approximate surface area is 113 Å². The Morgan fingerprint density at radius 3 is 2.50 bits per heavy atom. The van der Waals surface area contributed by atoms with Crippen LogP contribution in [0.1, 0.15) is 34.6 Å². The molecule has 18 heavy (non-hydrogen) atoms. The van der Waals surface area contributed by atoms with Crippen LogP contribution in [0, 0.1) is 0 Å². The molecule has 0 aromatic heterocycles. The molecule has 0 amide bonds. The monoisotopic (exact) mass is 273 g/mol. The van der Waals surface area contributed by atoms with Crippen LogP contribution in [-0.4, -0.2) is 35.5 Å². The summed E-state index contributed by atoms with van der Waals surface area (Å²) in [5.41, 5.74) is -0.789. The molecule has 0 bridgehead atoms. The van der Waals surface area contributed by atoms with Crippen LogP contribution >= 0.6 is 11.6 Å². The Hall–Kier alpha value is -1.03. The van der Waals surface area contributed by atoms with Crippen LogP contribution in [0.2, 0.25) is 0 Å². The Morgan fingerprint density at radius 1 is 1.56 bits per heavy atom. The summed E-state index contributed by atoms with van der Waals surface area (Å²) in [6.07, 6.45) is 1.61. The first kappa shape index (κ1) is 15.0. The maximum atomic E-state index is 11.8. The molecule has 0 fully saturated rings. The van der Waals surface area contributed by atoms with Crippen molar-refractivity contribution in [3.05, 3.63) is 11.6 Å². The van der Waals surface area contributed by atoms with E-state index < -0.39 is 11.6 Å². The second-order valence-corrected chi connectivity index (χ2v) is 6.15. The topological polar surface area (TPSA) is 47.9 Å². The van der Waals surface area contributed by atoms with Gasteiger partial charge in [-0.3, -0.25) is 0 Å². The molecule has 0 saturated carbocycles. The smallest absolute Gasteiger partial charge is 0.338 e. The molecule has 1 rings (SSSR count). The molecule has 0 spiro atoms. The fraction of sp³-hybridized carbons (Fsp3) is 0.692. The van der Waals surface area contributed by atoms with Gasteiger partial charge in [0.1, 0.15) is 0 Å². The van der Waals surface area contributed by atoms with E-state index in [1.807, 2.05) is 20.8 Å². The fourth-order valence-electron chi connectivity index (χ4n) is 1.62. The quantitative estimate of drug-likeness (QED) is 0.574. The van der Waals surface area contributed by atoms with Crippen molar-refractivity contribution >= 4 is 23.5 Å². The van der Waals surface area contributed by atoms with Crippen molar-refractivity contribution in [2.45, 2.75) is 51.1 Å². The number of methoxy groups -OCH3 is 1. The molecule has 1 heterocycles. The molecule has 1 aliphatic heterocycles. The number of hydrogen-bond donors (Lipinski definition) is 0. The zero-order valence-electron chi connectivity index (χ0n) is 11.7. The number of alkyl halides is 1. The summed E-state index contributed by atoms with van der Waals surface area (Å²) in [5, 5.41) is -0.379. The fourth-order valence-corrected chi connectivity index (χ4v) is 1.78. The van der Waals surface area contributed by atoms with Gasteiger partial charge in [-0.05, 0) is 34.6 Å². The third-order valence-corrected chi connectivity index (χ3v) is 3.15. The van der Waals surface area contributed by atoms with Crippen molar-refractivity contribution in [2.75, 3.05) is 7.11 Å². The second-order valence-electron chi connectivity index (χ2n) is 5.50. The van der Waals surface area contributed by atoms with Crippen molar-refractivity contribution < 1.29 is 14.3 Å². The van der Waals surface area contributed by atoms with Crippen LogP contribution in [0.15, 0.2) is 16.6 Å². The molecule has 1 aliphatic rings. The van der Waals surface area contributed by atoms with E-state index in [1.165, 1.54) is 7.11 Å². The van der Waals surface area contributed by atoms with E-state index in [1.54, 1.807) is 19.9 Å². The maximum Gasteiger partial charge on any atom is 0.338 e. The lowest BCUT2D eigenvalue weighted by atomic mass is 9.94. The number of carbonyl (C=O) groups excluding carboxylic acids is 1. The predicted octanol–water partition coefficient (Wildman–Crippen LogP) is 2.70. The Balaban J connectivity index is 3.18. The highest BCUT2D eigenvalue weighted by Crippen LogP contribution is 2.35. The molecule has 5 heteroatoms. The van der Waals surface area contributed by atoms with Gasteiger partial charge in [-0.2, -0.15) is 0 Å². The van der Waals surface area contributed by atoms with Crippen molar-refractivity contribution in [3.8, 4) is 0 Å². The van der Waals surface area contributed by atoms with E-state index in [0.29, 0.717) is 11.5 Å². The highest BCUT2D eigenvalue weighted by atomic mass is 35.5. The molecule has 0 saturated heterocycles. The number of hydrogen-bond acceptors (Lipinski definition) is 4. The Bertz CT molecular complexity index is 407. The molecule has 4 nitrogen and oxygen atoms in total. The second kappa shape index (κ2) is 4.92. The normalized spacial score (nSPS) is 27.7. The van der Waals surface area contributed by atoms with Gasteiger partial charge >= 0.3 is 5.97 Å². The van der Waals surface area contributed by atoms with Crippen LogP contribution in [-0.2, 0) is 14.3 Å². The first-order valence-electron chi connectivity index (χ1n) is 5.83. The summed E-state index contributed by atoms with van der Waals surface area (Å²) in [6, 6.07) is 0. The molecule has 2 atom stereocenters. The zero-order chi connectivity index (χ0) is 14.1. The number of rotatable bonds is 2. The summed E-state index contributed by atoms with van der Waals surface area (Å²) in [6.45, 7) is 9.40. The first-order chi connectivity index (χ1) is 8.10. The number of ether oxygens (including phenoxy) is 2. The SMILES string of the molecule is COC(=O)C1=CC(=NC(C)(C)C)OC1(C)C(C)Cl. The van der Waals surface area contributed by atoms with Gasteiger partial charge in [-0.1, -0.05) is 0 Å². The van der Waals surface area contributed by atoms with E-state index in [9.17, 15) is 4.79 Å². The Kier molecular flexibility index (Phi) is 4.11. The van der Waals surface area contributed by atoms with Crippen LogP contribution in [0.3, 0.4) is 0 Å². The molecule has 0 radical (unpaired) electrons. The minimum atomic E-state index is -0.904. The highest BCUT2D eigenvalue weighted by Gasteiger charge is 2.46. The minimum Gasteiger partial charge on any atom is -0.466 e. The molecule has 2 unspecified atom stereocenters. The van der Waals surface area contributed by atoms with Crippen LogP contribution in [0.25, 0.3) is 0 Å². The summed E-state index contributed by atoms with van der Waals surface area (Å²) in [4.78, 5) is 16.2. The first-order valence-corrected chi connectivity index (χ1v) is 6.27. The average Bonchev–Trinajstić information content (AvgIpc) is 2.53. The molecular formula is C13H20ClNO3. The van der Waals surface area contributed by atoms with Crippen molar-refractivity contribution in [3.63, 3.8) is 0 Å². The lowest BCUT2D eigenvalue weighted by Gasteiger charge is -2.29. The summed E-state index contributed by atoms with van der Waals surface area (Å²) in [5.74, 6) is -0.0259. The van der Waals surface area contributed by atoms with Crippen LogP contribution < -0.4 is 0 Å². The third-order valence-electron chi connectivity index (χ3n) is 2.73. The average molecular weight is 274 g/mol. The van der Waals surface area contributed by atoms with Gasteiger partial charge in [0.05, 0.1) is 23.6 Å². The van der Waals surface area contributed by atoms with E-state index >= 15 is 0 Å². The van der Waals surface area contributed by atoms with Gasteiger partial charge in [0.25, 0.3) is 0 Å². The minimum absolute atomic E-state index is 0.284. The van der Waals surface area contributed by atoms with Gasteiger partial charge < -0.3 is 9.47 Å². The number of carbonyl (C=O) groups is 1. The van der Waals surface area contributed by atoms with Crippen LogP contribution in [0.5, 0.6) is 0 Å². The van der Waals surface area contributed by atoms with E-state index in [0.717, 1.165) is 0 Å². The van der Waals surface area contributed by atoms with Gasteiger partial charge in [0.15, 0.2) is 5.60 Å². The van der Waals surface area contributed by atoms with E-state index in [2.05, 4.69) is 4.99 Å². The summed E-state index contributed by atoms with van der Waals surface area (Å²) in [7, 11) is 1.33. The zero-order valence-corrected chi connectivity index (χ0v) is 12.5. The number of nitrogens with zero attached hydrogens (tertiary/aromatic N) is 1.